The second kappa shape index (κ2) is 7.31. The maximum atomic E-state index is 10.7. The summed E-state index contributed by atoms with van der Waals surface area (Å²) in [5.41, 5.74) is 2.51. The van der Waals surface area contributed by atoms with Gasteiger partial charge in [-0.2, -0.15) is 0 Å². The summed E-state index contributed by atoms with van der Waals surface area (Å²) in [5, 5.41) is 0. The minimum Gasteiger partial charge on any atom is -0.300 e. The summed E-state index contributed by atoms with van der Waals surface area (Å²) in [5.74, 6) is 0.260. The molecule has 0 heterocycles. The van der Waals surface area contributed by atoms with E-state index in [-0.39, 0.29) is 5.78 Å². The first kappa shape index (κ1) is 12.9. The Bertz CT molecular complexity index is 259. The van der Waals surface area contributed by atoms with Gasteiger partial charge in [0.2, 0.25) is 0 Å². The number of carbonyl (C=O) groups excluding carboxylic acids is 1. The van der Waals surface area contributed by atoms with Crippen LogP contribution in [0.15, 0.2) is 24.3 Å². The maximum absolute atomic E-state index is 10.7. The van der Waals surface area contributed by atoms with E-state index in [0.29, 0.717) is 6.42 Å². The van der Waals surface area contributed by atoms with E-state index in [1.54, 1.807) is 6.92 Å². The number of ketones is 1. The highest BCUT2D eigenvalue weighted by Gasteiger charge is 1.95. The van der Waals surface area contributed by atoms with Crippen molar-refractivity contribution in [3.8, 4) is 0 Å². The van der Waals surface area contributed by atoms with Gasteiger partial charge in [-0.05, 0) is 25.8 Å². The van der Waals surface area contributed by atoms with Crippen LogP contribution < -0.4 is 0 Å². The molecule has 0 amide bonds. The molecule has 0 N–H and O–H groups in total. The summed E-state index contributed by atoms with van der Waals surface area (Å²) < 4.78 is 0. The molecule has 0 saturated carbocycles. The molecule has 0 unspecified atom stereocenters. The van der Waals surface area contributed by atoms with E-state index in [2.05, 4.69) is 31.2 Å². The van der Waals surface area contributed by atoms with Gasteiger partial charge in [0.05, 0.1) is 0 Å². The van der Waals surface area contributed by atoms with Crippen LogP contribution in [0.2, 0.25) is 0 Å². The van der Waals surface area contributed by atoms with Gasteiger partial charge in [0.1, 0.15) is 5.78 Å². The first-order valence-electron chi connectivity index (χ1n) is 5.23. The molecule has 0 radical (unpaired) electrons. The summed E-state index contributed by atoms with van der Waals surface area (Å²) in [6.45, 7) is 7.70. The molecular formula is C13H20O. The third-order valence-electron chi connectivity index (χ3n) is 1.89. The van der Waals surface area contributed by atoms with Crippen molar-refractivity contribution in [2.45, 2.75) is 40.5 Å². The van der Waals surface area contributed by atoms with Crippen molar-refractivity contribution in [1.82, 2.24) is 0 Å². The maximum Gasteiger partial charge on any atom is 0.130 e. The summed E-state index contributed by atoms with van der Waals surface area (Å²) >= 11 is 0. The average Bonchev–Trinajstić information content (AvgIpc) is 2.20. The van der Waals surface area contributed by atoms with Crippen molar-refractivity contribution in [1.29, 1.82) is 0 Å². The molecule has 0 aliphatic rings. The van der Waals surface area contributed by atoms with E-state index in [1.165, 1.54) is 11.1 Å². The first-order chi connectivity index (χ1) is 6.68. The molecule has 1 nitrogen and oxygen atoms in total. The zero-order valence-electron chi connectivity index (χ0n) is 9.63. The molecule has 0 fully saturated rings. The molecular weight excluding hydrogens is 172 g/mol. The van der Waals surface area contributed by atoms with E-state index in [1.807, 2.05) is 13.8 Å². The molecule has 14 heavy (non-hydrogen) atoms. The molecule has 78 valence electrons. The van der Waals surface area contributed by atoms with Crippen molar-refractivity contribution in [2.24, 2.45) is 0 Å². The van der Waals surface area contributed by atoms with Crippen molar-refractivity contribution < 1.29 is 4.79 Å². The van der Waals surface area contributed by atoms with Crippen molar-refractivity contribution >= 4 is 5.78 Å². The number of Topliss-reactive ketones (excluding diaryl/α,β-unsaturated/α-hetero) is 1. The molecule has 0 atom stereocenters. The molecule has 0 saturated heterocycles. The largest absolute Gasteiger partial charge is 0.300 e. The quantitative estimate of drug-likeness (QED) is 0.716. The van der Waals surface area contributed by atoms with Crippen LogP contribution >= 0.6 is 0 Å². The van der Waals surface area contributed by atoms with E-state index in [0.717, 1.165) is 6.42 Å². The van der Waals surface area contributed by atoms with E-state index < -0.39 is 0 Å². The van der Waals surface area contributed by atoms with Gasteiger partial charge < -0.3 is 4.79 Å². The Kier molecular flexibility index (Phi) is 6.73. The molecule has 0 aliphatic heterocycles. The monoisotopic (exact) mass is 192 g/mol. The van der Waals surface area contributed by atoms with Gasteiger partial charge in [0.25, 0.3) is 0 Å². The summed E-state index contributed by atoms with van der Waals surface area (Å²) in [6.07, 6.45) is 1.53. The smallest absolute Gasteiger partial charge is 0.130 e. The lowest BCUT2D eigenvalue weighted by molar-refractivity contribution is -0.116. The lowest BCUT2D eigenvalue weighted by atomic mass is 10.1. The third kappa shape index (κ3) is 5.52. The Hall–Kier alpha value is -1.11. The minimum atomic E-state index is 0.260. The zero-order chi connectivity index (χ0) is 11.0. The number of aryl methyl sites for hydroxylation is 2. The van der Waals surface area contributed by atoms with E-state index in [9.17, 15) is 4.79 Å². The molecule has 0 bridgehead atoms. The zero-order valence-corrected chi connectivity index (χ0v) is 9.63. The molecule has 1 rings (SSSR count). The van der Waals surface area contributed by atoms with Gasteiger partial charge in [-0.25, -0.2) is 0 Å². The van der Waals surface area contributed by atoms with Gasteiger partial charge in [-0.15, -0.1) is 0 Å². The van der Waals surface area contributed by atoms with Crippen molar-refractivity contribution in [2.75, 3.05) is 0 Å². The van der Waals surface area contributed by atoms with E-state index in [4.69, 9.17) is 0 Å². The Balaban J connectivity index is 0.000000791. The number of hydrogen-bond acceptors (Lipinski definition) is 1. The van der Waals surface area contributed by atoms with Gasteiger partial charge >= 0.3 is 0 Å². The van der Waals surface area contributed by atoms with E-state index >= 15 is 0 Å². The van der Waals surface area contributed by atoms with Crippen molar-refractivity contribution in [3.05, 3.63) is 35.4 Å². The number of carbonyl (C=O) groups is 1. The fourth-order valence-electron chi connectivity index (χ4n) is 1.08. The lowest BCUT2D eigenvalue weighted by Gasteiger charge is -1.98. The van der Waals surface area contributed by atoms with Crippen LogP contribution in [0, 0.1) is 6.92 Å². The summed E-state index contributed by atoms with van der Waals surface area (Å²) in [4.78, 5) is 10.7. The minimum absolute atomic E-state index is 0.260. The van der Waals surface area contributed by atoms with Gasteiger partial charge in [0, 0.05) is 6.42 Å². The topological polar surface area (TPSA) is 17.1 Å². The van der Waals surface area contributed by atoms with Crippen LogP contribution in [-0.4, -0.2) is 5.78 Å². The van der Waals surface area contributed by atoms with Crippen molar-refractivity contribution in [3.63, 3.8) is 0 Å². The summed E-state index contributed by atoms with van der Waals surface area (Å²) in [7, 11) is 0. The van der Waals surface area contributed by atoms with Crippen LogP contribution in [0.1, 0.15) is 38.3 Å². The molecule has 1 heteroatoms. The number of hydrogen-bond donors (Lipinski definition) is 0. The Morgan fingerprint density at radius 2 is 1.64 bits per heavy atom. The average molecular weight is 192 g/mol. The Morgan fingerprint density at radius 3 is 2.07 bits per heavy atom. The Labute approximate surface area is 87.2 Å². The Morgan fingerprint density at radius 1 is 1.14 bits per heavy atom. The second-order valence-electron chi connectivity index (χ2n) is 3.19. The van der Waals surface area contributed by atoms with Gasteiger partial charge in [0.15, 0.2) is 0 Å². The molecule has 0 aliphatic carbocycles. The van der Waals surface area contributed by atoms with Crippen LogP contribution in [0.3, 0.4) is 0 Å². The van der Waals surface area contributed by atoms with Crippen LogP contribution in [0.5, 0.6) is 0 Å². The molecule has 0 aromatic heterocycles. The van der Waals surface area contributed by atoms with Gasteiger partial charge in [-0.3, -0.25) is 0 Å². The molecule has 0 spiro atoms. The van der Waals surface area contributed by atoms with Crippen LogP contribution in [0.4, 0.5) is 0 Å². The molecule has 1 aromatic carbocycles. The number of benzene rings is 1. The number of rotatable bonds is 3. The highest BCUT2D eigenvalue weighted by atomic mass is 16.1. The van der Waals surface area contributed by atoms with Gasteiger partial charge in [-0.1, -0.05) is 43.7 Å². The second-order valence-corrected chi connectivity index (χ2v) is 3.19. The lowest BCUT2D eigenvalue weighted by Crippen LogP contribution is -1.93. The fourth-order valence-corrected chi connectivity index (χ4v) is 1.08. The fraction of sp³-hybridized carbons (Fsp3) is 0.462. The highest BCUT2D eigenvalue weighted by Crippen LogP contribution is 2.05. The predicted octanol–water partition coefficient (Wildman–Crippen LogP) is 3.54. The normalized spacial score (nSPS) is 8.86. The predicted molar refractivity (Wildman–Crippen MR) is 61.5 cm³/mol. The van der Waals surface area contributed by atoms with Crippen LogP contribution in [0.25, 0.3) is 0 Å². The third-order valence-corrected chi connectivity index (χ3v) is 1.89. The summed E-state index contributed by atoms with van der Waals surface area (Å²) in [6, 6.07) is 8.32. The highest BCUT2D eigenvalue weighted by molar-refractivity contribution is 5.75. The molecule has 1 aromatic rings. The first-order valence-corrected chi connectivity index (χ1v) is 5.23. The van der Waals surface area contributed by atoms with Crippen LogP contribution in [-0.2, 0) is 11.2 Å². The standard InChI is InChI=1S/C11H14O.C2H6/c1-9-3-6-11(7-4-9)8-5-10(2)12;1-2/h3-4,6-7H,5,8H2,1-2H3;1-2H3. The SMILES string of the molecule is CC.CC(=O)CCc1ccc(C)cc1.